The van der Waals surface area contributed by atoms with Crippen molar-refractivity contribution in [3.63, 3.8) is 0 Å². The first-order valence-electron chi connectivity index (χ1n) is 4.19. The quantitative estimate of drug-likeness (QED) is 0.672. The van der Waals surface area contributed by atoms with Gasteiger partial charge in [0.05, 0.1) is 0 Å². The van der Waals surface area contributed by atoms with Gasteiger partial charge in [-0.3, -0.25) is 9.79 Å². The Labute approximate surface area is 75.3 Å². The Morgan fingerprint density at radius 2 is 2.46 bits per heavy atom. The van der Waals surface area contributed by atoms with E-state index in [9.17, 15) is 4.79 Å². The van der Waals surface area contributed by atoms with Crippen LogP contribution in [-0.4, -0.2) is 27.8 Å². The molecule has 0 aliphatic carbocycles. The molecular weight excluding hydrogens is 168 g/mol. The van der Waals surface area contributed by atoms with Gasteiger partial charge in [0, 0.05) is 12.4 Å². The minimum Gasteiger partial charge on any atom is -0.342 e. The molecule has 68 valence electrons. The molecule has 1 amide bonds. The van der Waals surface area contributed by atoms with E-state index in [-0.39, 0.29) is 11.9 Å². The van der Waals surface area contributed by atoms with Gasteiger partial charge in [0.1, 0.15) is 6.04 Å². The zero-order chi connectivity index (χ0) is 9.26. The summed E-state index contributed by atoms with van der Waals surface area (Å²) in [5, 5.41) is 2.67. The highest BCUT2D eigenvalue weighted by atomic mass is 16.2. The van der Waals surface area contributed by atoms with Crippen LogP contribution in [0.4, 0.5) is 0 Å². The lowest BCUT2D eigenvalue weighted by molar-refractivity contribution is -0.120. The topological polar surface area (TPSA) is 70.1 Å². The summed E-state index contributed by atoms with van der Waals surface area (Å²) in [5.41, 5.74) is 0. The summed E-state index contributed by atoms with van der Waals surface area (Å²) in [5.74, 6) is 1.11. The van der Waals surface area contributed by atoms with Crippen molar-refractivity contribution in [1.29, 1.82) is 0 Å². The molecule has 1 unspecified atom stereocenters. The number of carbonyl (C=O) groups excluding carboxylic acids is 1. The van der Waals surface area contributed by atoms with E-state index in [0.29, 0.717) is 11.7 Å². The molecular formula is C8H10N4O. The van der Waals surface area contributed by atoms with E-state index in [2.05, 4.69) is 20.3 Å². The predicted molar refractivity (Wildman–Crippen MR) is 47.3 cm³/mol. The number of nitrogens with zero attached hydrogens (tertiary/aromatic N) is 2. The van der Waals surface area contributed by atoms with Gasteiger partial charge in [-0.05, 0) is 6.42 Å². The summed E-state index contributed by atoms with van der Waals surface area (Å²) in [6.07, 6.45) is 4.04. The normalized spacial score (nSPS) is 21.5. The SMILES string of the molecule is CCC1N=C(c2ncc[nH]2)NC1=O. The van der Waals surface area contributed by atoms with Gasteiger partial charge in [0.25, 0.3) is 0 Å². The maximum Gasteiger partial charge on any atom is 0.250 e. The van der Waals surface area contributed by atoms with Crippen LogP contribution in [0.5, 0.6) is 0 Å². The number of nitrogens with one attached hydrogen (secondary N) is 2. The molecule has 2 N–H and O–H groups in total. The van der Waals surface area contributed by atoms with Gasteiger partial charge in [-0.2, -0.15) is 0 Å². The zero-order valence-electron chi connectivity index (χ0n) is 7.24. The molecule has 5 heteroatoms. The number of imidazole rings is 1. The second-order valence-electron chi connectivity index (χ2n) is 2.83. The Morgan fingerprint density at radius 1 is 1.62 bits per heavy atom. The Hall–Kier alpha value is -1.65. The molecule has 1 aliphatic heterocycles. The number of carbonyl (C=O) groups is 1. The molecule has 5 nitrogen and oxygen atoms in total. The van der Waals surface area contributed by atoms with Crippen LogP contribution in [0.1, 0.15) is 19.2 Å². The molecule has 13 heavy (non-hydrogen) atoms. The molecule has 2 rings (SSSR count). The smallest absolute Gasteiger partial charge is 0.250 e. The number of amidine groups is 1. The first-order valence-corrected chi connectivity index (χ1v) is 4.19. The predicted octanol–water partition coefficient (Wildman–Crippen LogP) is 0.0647. The van der Waals surface area contributed by atoms with Crippen molar-refractivity contribution in [3.05, 3.63) is 18.2 Å². The fraction of sp³-hybridized carbons (Fsp3) is 0.375. The van der Waals surface area contributed by atoms with Crippen molar-refractivity contribution in [1.82, 2.24) is 15.3 Å². The Morgan fingerprint density at radius 3 is 3.00 bits per heavy atom. The third-order valence-electron chi connectivity index (χ3n) is 1.94. The highest BCUT2D eigenvalue weighted by Crippen LogP contribution is 2.07. The highest BCUT2D eigenvalue weighted by molar-refractivity contribution is 6.11. The molecule has 1 aromatic rings. The van der Waals surface area contributed by atoms with Crippen molar-refractivity contribution in [3.8, 4) is 0 Å². The Bertz CT molecular complexity index is 341. The van der Waals surface area contributed by atoms with E-state index in [1.54, 1.807) is 12.4 Å². The first-order chi connectivity index (χ1) is 6.31. The number of aromatic nitrogens is 2. The molecule has 0 fully saturated rings. The Kier molecular flexibility index (Phi) is 1.84. The van der Waals surface area contributed by atoms with Crippen molar-refractivity contribution in [2.24, 2.45) is 4.99 Å². The van der Waals surface area contributed by atoms with Gasteiger partial charge >= 0.3 is 0 Å². The fourth-order valence-corrected chi connectivity index (χ4v) is 1.24. The summed E-state index contributed by atoms with van der Waals surface area (Å²) < 4.78 is 0. The number of hydrogen-bond donors (Lipinski definition) is 2. The van der Waals surface area contributed by atoms with E-state index < -0.39 is 0 Å². The van der Waals surface area contributed by atoms with E-state index in [1.807, 2.05) is 6.92 Å². The molecule has 1 atom stereocenters. The number of hydrogen-bond acceptors (Lipinski definition) is 3. The summed E-state index contributed by atoms with van der Waals surface area (Å²) in [6.45, 7) is 1.93. The van der Waals surface area contributed by atoms with Gasteiger partial charge in [-0.25, -0.2) is 4.98 Å². The Balaban J connectivity index is 2.24. The van der Waals surface area contributed by atoms with Crippen LogP contribution in [0.25, 0.3) is 0 Å². The molecule has 2 heterocycles. The molecule has 0 radical (unpaired) electrons. The summed E-state index contributed by atoms with van der Waals surface area (Å²) >= 11 is 0. The van der Waals surface area contributed by atoms with E-state index >= 15 is 0 Å². The average Bonchev–Trinajstić information content (AvgIpc) is 2.71. The number of aliphatic imine (C=N–C) groups is 1. The van der Waals surface area contributed by atoms with Gasteiger partial charge in [-0.1, -0.05) is 6.92 Å². The minimum absolute atomic E-state index is 0.0473. The number of H-pyrrole nitrogens is 1. The summed E-state index contributed by atoms with van der Waals surface area (Å²) in [4.78, 5) is 22.3. The van der Waals surface area contributed by atoms with Gasteiger partial charge in [-0.15, -0.1) is 0 Å². The maximum atomic E-state index is 11.2. The van der Waals surface area contributed by atoms with Crippen LogP contribution in [0.2, 0.25) is 0 Å². The zero-order valence-corrected chi connectivity index (χ0v) is 7.24. The van der Waals surface area contributed by atoms with Crippen LogP contribution in [0.15, 0.2) is 17.4 Å². The second-order valence-corrected chi connectivity index (χ2v) is 2.83. The highest BCUT2D eigenvalue weighted by Gasteiger charge is 2.25. The third-order valence-corrected chi connectivity index (χ3v) is 1.94. The van der Waals surface area contributed by atoms with Gasteiger partial charge in [0.2, 0.25) is 5.91 Å². The molecule has 0 aromatic carbocycles. The molecule has 1 aliphatic rings. The lowest BCUT2D eigenvalue weighted by atomic mass is 10.2. The molecule has 0 saturated carbocycles. The van der Waals surface area contributed by atoms with Crippen LogP contribution in [0, 0.1) is 0 Å². The monoisotopic (exact) mass is 178 g/mol. The van der Waals surface area contributed by atoms with Crippen LogP contribution in [0.3, 0.4) is 0 Å². The number of amides is 1. The van der Waals surface area contributed by atoms with Gasteiger partial charge < -0.3 is 10.3 Å². The van der Waals surface area contributed by atoms with E-state index in [4.69, 9.17) is 0 Å². The summed E-state index contributed by atoms with van der Waals surface area (Å²) in [7, 11) is 0. The lowest BCUT2D eigenvalue weighted by Gasteiger charge is -1.96. The molecule has 0 saturated heterocycles. The van der Waals surface area contributed by atoms with Crippen LogP contribution < -0.4 is 5.32 Å². The van der Waals surface area contributed by atoms with Gasteiger partial charge in [0.15, 0.2) is 11.7 Å². The molecule has 0 spiro atoms. The lowest BCUT2D eigenvalue weighted by Crippen LogP contribution is -2.29. The second kappa shape index (κ2) is 3.01. The van der Waals surface area contributed by atoms with Crippen LogP contribution >= 0.6 is 0 Å². The average molecular weight is 178 g/mol. The molecule has 0 bridgehead atoms. The van der Waals surface area contributed by atoms with Crippen molar-refractivity contribution >= 4 is 11.7 Å². The standard InChI is InChI=1S/C8H10N4O/c1-2-5-8(13)12-7(11-5)6-9-3-4-10-6/h3-5H,2H2,1H3,(H,9,10)(H,11,12,13). The van der Waals surface area contributed by atoms with Crippen LogP contribution in [-0.2, 0) is 4.79 Å². The minimum atomic E-state index is -0.250. The molecule has 1 aromatic heterocycles. The number of aromatic amines is 1. The maximum absolute atomic E-state index is 11.2. The van der Waals surface area contributed by atoms with E-state index in [1.165, 1.54) is 0 Å². The summed E-state index contributed by atoms with van der Waals surface area (Å²) in [6, 6.07) is -0.250. The van der Waals surface area contributed by atoms with Crippen molar-refractivity contribution < 1.29 is 4.79 Å². The van der Waals surface area contributed by atoms with Crippen molar-refractivity contribution in [2.45, 2.75) is 19.4 Å². The van der Waals surface area contributed by atoms with Crippen molar-refractivity contribution in [2.75, 3.05) is 0 Å². The van der Waals surface area contributed by atoms with E-state index in [0.717, 1.165) is 6.42 Å². The third kappa shape index (κ3) is 1.32. The fourth-order valence-electron chi connectivity index (χ4n) is 1.24. The number of rotatable bonds is 2. The first kappa shape index (κ1) is 7.97. The largest absolute Gasteiger partial charge is 0.342 e.